The van der Waals surface area contributed by atoms with E-state index in [1.54, 1.807) is 23.7 Å². The van der Waals surface area contributed by atoms with Crippen LogP contribution in [0.15, 0.2) is 66.1 Å². The highest BCUT2D eigenvalue weighted by Crippen LogP contribution is 2.34. The molecule has 5 aromatic rings. The van der Waals surface area contributed by atoms with Crippen LogP contribution in [0.3, 0.4) is 0 Å². The molecule has 0 radical (unpaired) electrons. The average Bonchev–Trinajstić information content (AvgIpc) is 3.12. The van der Waals surface area contributed by atoms with Gasteiger partial charge in [0.1, 0.15) is 0 Å². The van der Waals surface area contributed by atoms with E-state index in [2.05, 4.69) is 31.3 Å². The lowest BCUT2D eigenvalue weighted by molar-refractivity contribution is 0.602. The van der Waals surface area contributed by atoms with Crippen molar-refractivity contribution >= 4 is 53.8 Å². The number of thiazole rings is 1. The van der Waals surface area contributed by atoms with Crippen LogP contribution in [-0.4, -0.2) is 34.6 Å². The molecule has 154 valence electrons. The zero-order chi connectivity index (χ0) is 21.6. The van der Waals surface area contributed by atoms with Crippen molar-refractivity contribution in [3.8, 4) is 11.1 Å². The maximum absolute atomic E-state index is 12.2. The lowest BCUT2D eigenvalue weighted by Crippen LogP contribution is -2.03. The van der Waals surface area contributed by atoms with Gasteiger partial charge in [-0.05, 0) is 42.8 Å². The van der Waals surface area contributed by atoms with Crippen molar-refractivity contribution in [1.82, 2.24) is 19.9 Å². The molecule has 0 atom stereocenters. The number of hydrogen-bond donors (Lipinski definition) is 1. The maximum Gasteiger partial charge on any atom is 0.177 e. The van der Waals surface area contributed by atoms with Crippen molar-refractivity contribution in [2.45, 2.75) is 11.8 Å². The summed E-state index contributed by atoms with van der Waals surface area (Å²) in [5, 5.41) is 4.21. The van der Waals surface area contributed by atoms with Crippen LogP contribution >= 0.6 is 11.3 Å². The molecule has 0 aliphatic rings. The van der Waals surface area contributed by atoms with E-state index in [-0.39, 0.29) is 4.90 Å². The summed E-state index contributed by atoms with van der Waals surface area (Å²) in [5.74, 6) is 0. The van der Waals surface area contributed by atoms with E-state index in [1.165, 1.54) is 24.7 Å². The van der Waals surface area contributed by atoms with Gasteiger partial charge in [-0.3, -0.25) is 15.0 Å². The van der Waals surface area contributed by atoms with E-state index in [0.29, 0.717) is 16.9 Å². The van der Waals surface area contributed by atoms with Gasteiger partial charge in [0.05, 0.1) is 43.0 Å². The van der Waals surface area contributed by atoms with Gasteiger partial charge in [0.15, 0.2) is 9.84 Å². The summed E-state index contributed by atoms with van der Waals surface area (Å²) in [4.78, 5) is 17.8. The quantitative estimate of drug-likeness (QED) is 0.424. The minimum atomic E-state index is -3.42. The van der Waals surface area contributed by atoms with Crippen LogP contribution in [0.4, 0.5) is 11.4 Å². The summed E-state index contributed by atoms with van der Waals surface area (Å²) in [5.41, 5.74) is 5.32. The molecule has 0 saturated heterocycles. The summed E-state index contributed by atoms with van der Waals surface area (Å²) in [6.45, 7) is 1.99. The van der Waals surface area contributed by atoms with Gasteiger partial charge in [0, 0.05) is 36.1 Å². The van der Waals surface area contributed by atoms with Crippen LogP contribution in [-0.2, 0) is 9.84 Å². The Labute approximate surface area is 182 Å². The summed E-state index contributed by atoms with van der Waals surface area (Å²) in [6, 6.07) is 11.4. The lowest BCUT2D eigenvalue weighted by Gasteiger charge is -2.13. The van der Waals surface area contributed by atoms with E-state index >= 15 is 0 Å². The first-order chi connectivity index (χ1) is 14.9. The number of nitrogens with zero attached hydrogens (tertiary/aromatic N) is 4. The van der Waals surface area contributed by atoms with E-state index in [1.807, 2.05) is 31.2 Å². The highest BCUT2D eigenvalue weighted by atomic mass is 32.2. The van der Waals surface area contributed by atoms with Gasteiger partial charge < -0.3 is 5.32 Å². The van der Waals surface area contributed by atoms with Crippen LogP contribution in [0.1, 0.15) is 5.01 Å². The van der Waals surface area contributed by atoms with Crippen molar-refractivity contribution in [3.63, 3.8) is 0 Å². The Balaban J connectivity index is 1.68. The maximum atomic E-state index is 12.2. The second kappa shape index (κ2) is 7.36. The Morgan fingerprint density at radius 2 is 1.81 bits per heavy atom. The van der Waals surface area contributed by atoms with E-state index in [4.69, 9.17) is 0 Å². The molecule has 0 amide bonds. The molecule has 3 heterocycles. The number of pyridine rings is 1. The number of rotatable bonds is 4. The number of sulfone groups is 1. The molecule has 1 N–H and O–H groups in total. The normalized spacial score (nSPS) is 11.8. The van der Waals surface area contributed by atoms with Crippen molar-refractivity contribution in [3.05, 3.63) is 66.2 Å². The molecule has 0 saturated carbocycles. The first-order valence-corrected chi connectivity index (χ1v) is 12.1. The number of fused-ring (bicyclic) bond motifs is 2. The second-order valence-corrected chi connectivity index (χ2v) is 10.4. The fourth-order valence-electron chi connectivity index (χ4n) is 3.53. The molecule has 0 fully saturated rings. The van der Waals surface area contributed by atoms with Crippen molar-refractivity contribution in [2.24, 2.45) is 0 Å². The lowest BCUT2D eigenvalue weighted by atomic mass is 10.0. The summed E-state index contributed by atoms with van der Waals surface area (Å²) >= 11 is 1.65. The third-order valence-electron chi connectivity index (χ3n) is 4.84. The fraction of sp³-hybridized carbons (Fsp3) is 0.0909. The molecule has 0 unspecified atom stereocenters. The molecule has 3 aromatic heterocycles. The topological polar surface area (TPSA) is 97.7 Å². The van der Waals surface area contributed by atoms with Gasteiger partial charge in [0.25, 0.3) is 0 Å². The zero-order valence-corrected chi connectivity index (χ0v) is 18.3. The van der Waals surface area contributed by atoms with Crippen LogP contribution in [0.25, 0.3) is 32.4 Å². The Kier molecular flexibility index (Phi) is 4.64. The monoisotopic (exact) mass is 447 g/mol. The minimum Gasteiger partial charge on any atom is -0.353 e. The van der Waals surface area contributed by atoms with Crippen molar-refractivity contribution < 1.29 is 8.42 Å². The molecule has 0 aliphatic carbocycles. The number of hydrogen-bond acceptors (Lipinski definition) is 8. The molecule has 7 nitrogen and oxygen atoms in total. The summed E-state index contributed by atoms with van der Waals surface area (Å²) < 4.78 is 25.5. The average molecular weight is 448 g/mol. The van der Waals surface area contributed by atoms with Gasteiger partial charge >= 0.3 is 0 Å². The summed E-state index contributed by atoms with van der Waals surface area (Å²) in [7, 11) is -3.42. The first kappa shape index (κ1) is 19.5. The Hall–Kier alpha value is -3.43. The Morgan fingerprint density at radius 1 is 0.968 bits per heavy atom. The highest BCUT2D eigenvalue weighted by molar-refractivity contribution is 7.90. The third-order valence-corrected chi connectivity index (χ3v) is 6.95. The molecule has 2 aromatic carbocycles. The van der Waals surface area contributed by atoms with Gasteiger partial charge in [-0.15, -0.1) is 11.3 Å². The van der Waals surface area contributed by atoms with Crippen LogP contribution in [0, 0.1) is 6.92 Å². The molecule has 9 heteroatoms. The number of anilines is 2. The standard InChI is InChI=1S/C22H17N5O2S2/c1-13-26-17-9-14(3-4-20(17)30-13)16-10-15(11-18-22(16)25-8-7-24-18)27-19-12-23-6-5-21(19)31(2,28)29/h3-12,27H,1-2H3. The van der Waals surface area contributed by atoms with Gasteiger partial charge in [-0.1, -0.05) is 6.07 Å². The van der Waals surface area contributed by atoms with E-state index < -0.39 is 9.84 Å². The SMILES string of the molecule is Cc1nc2cc(-c3cc(Nc4cnccc4S(C)(=O)=O)cc4nccnc34)ccc2s1. The summed E-state index contributed by atoms with van der Waals surface area (Å²) in [6.07, 6.45) is 7.43. The van der Waals surface area contributed by atoms with Crippen molar-refractivity contribution in [1.29, 1.82) is 0 Å². The number of benzene rings is 2. The number of nitrogens with one attached hydrogen (secondary N) is 1. The van der Waals surface area contributed by atoms with Crippen LogP contribution in [0.2, 0.25) is 0 Å². The van der Waals surface area contributed by atoms with Gasteiger partial charge in [-0.2, -0.15) is 0 Å². The third kappa shape index (κ3) is 3.73. The molecular formula is C22H17N5O2S2. The molecular weight excluding hydrogens is 430 g/mol. The molecule has 0 aliphatic heterocycles. The predicted molar refractivity (Wildman–Crippen MR) is 124 cm³/mol. The van der Waals surface area contributed by atoms with Crippen molar-refractivity contribution in [2.75, 3.05) is 11.6 Å². The number of aromatic nitrogens is 4. The molecule has 0 spiro atoms. The van der Waals surface area contributed by atoms with Gasteiger partial charge in [0.2, 0.25) is 0 Å². The Bertz CT molecular complexity index is 1560. The van der Waals surface area contributed by atoms with E-state index in [9.17, 15) is 8.42 Å². The van der Waals surface area contributed by atoms with Crippen LogP contribution < -0.4 is 5.32 Å². The Morgan fingerprint density at radius 3 is 2.65 bits per heavy atom. The van der Waals surface area contributed by atoms with E-state index in [0.717, 1.165) is 31.9 Å². The first-order valence-electron chi connectivity index (χ1n) is 9.42. The fourth-order valence-corrected chi connectivity index (χ4v) is 5.15. The predicted octanol–water partition coefficient (Wildman–Crippen LogP) is 4.76. The molecule has 0 bridgehead atoms. The van der Waals surface area contributed by atoms with Gasteiger partial charge in [-0.25, -0.2) is 13.4 Å². The molecule has 31 heavy (non-hydrogen) atoms. The molecule has 5 rings (SSSR count). The smallest absolute Gasteiger partial charge is 0.177 e. The minimum absolute atomic E-state index is 0.183. The highest BCUT2D eigenvalue weighted by Gasteiger charge is 2.15. The number of aryl methyl sites for hydroxylation is 1. The second-order valence-electron chi connectivity index (χ2n) is 7.13. The van der Waals surface area contributed by atoms with Crippen LogP contribution in [0.5, 0.6) is 0 Å². The largest absolute Gasteiger partial charge is 0.353 e. The zero-order valence-electron chi connectivity index (χ0n) is 16.7.